The molecule has 0 aromatic heterocycles. The van der Waals surface area contributed by atoms with Crippen LogP contribution in [0.15, 0.2) is 12.1 Å². The van der Waals surface area contributed by atoms with E-state index in [2.05, 4.69) is 0 Å². The summed E-state index contributed by atoms with van der Waals surface area (Å²) in [6, 6.07) is 3.08. The number of rotatable bonds is 4. The van der Waals surface area contributed by atoms with Crippen LogP contribution in [0.3, 0.4) is 0 Å². The molecule has 0 radical (unpaired) electrons. The number of phenols is 1. The standard InChI is InChI=1S/C13H18O4S/c1-7-4-10(15)5-8(2)12(7)13(17)11(16)6-18-9(3)14/h4-5,11,13,15-17H,6H2,1-3H3. The molecule has 2 atom stereocenters. The molecule has 1 aromatic carbocycles. The summed E-state index contributed by atoms with van der Waals surface area (Å²) < 4.78 is 0. The Kier molecular flexibility index (Phi) is 5.19. The second kappa shape index (κ2) is 6.22. The van der Waals surface area contributed by atoms with Gasteiger partial charge < -0.3 is 15.3 Å². The molecule has 0 bridgehead atoms. The maximum Gasteiger partial charge on any atom is 0.185 e. The van der Waals surface area contributed by atoms with Crippen LogP contribution >= 0.6 is 11.8 Å². The summed E-state index contributed by atoms with van der Waals surface area (Å²) in [4.78, 5) is 10.8. The summed E-state index contributed by atoms with van der Waals surface area (Å²) in [6.07, 6.45) is -2.07. The minimum absolute atomic E-state index is 0.0969. The van der Waals surface area contributed by atoms with Crippen LogP contribution in [-0.2, 0) is 4.79 Å². The predicted octanol–water partition coefficient (Wildman–Crippen LogP) is 1.68. The third-order valence-electron chi connectivity index (χ3n) is 2.70. The topological polar surface area (TPSA) is 77.8 Å². The van der Waals surface area contributed by atoms with Crippen molar-refractivity contribution in [3.05, 3.63) is 28.8 Å². The molecule has 0 spiro atoms. The molecule has 18 heavy (non-hydrogen) atoms. The van der Waals surface area contributed by atoms with E-state index < -0.39 is 12.2 Å². The molecule has 0 aliphatic heterocycles. The van der Waals surface area contributed by atoms with Crippen molar-refractivity contribution in [2.24, 2.45) is 0 Å². The molecule has 0 amide bonds. The molecule has 0 fully saturated rings. The van der Waals surface area contributed by atoms with Crippen molar-refractivity contribution >= 4 is 16.9 Å². The van der Waals surface area contributed by atoms with Crippen LogP contribution in [0, 0.1) is 13.8 Å². The van der Waals surface area contributed by atoms with Gasteiger partial charge in [-0.1, -0.05) is 11.8 Å². The Morgan fingerprint density at radius 1 is 1.28 bits per heavy atom. The van der Waals surface area contributed by atoms with Crippen LogP contribution in [-0.4, -0.2) is 32.3 Å². The third-order valence-corrected chi connectivity index (χ3v) is 3.61. The first-order chi connectivity index (χ1) is 8.32. The average molecular weight is 270 g/mol. The number of hydrogen-bond donors (Lipinski definition) is 3. The van der Waals surface area contributed by atoms with Crippen molar-refractivity contribution in [1.29, 1.82) is 0 Å². The summed E-state index contributed by atoms with van der Waals surface area (Å²) in [7, 11) is 0. The van der Waals surface area contributed by atoms with Gasteiger partial charge in [0.2, 0.25) is 0 Å². The molecule has 0 heterocycles. The number of phenolic OH excluding ortho intramolecular Hbond substituents is 1. The fourth-order valence-corrected chi connectivity index (χ4v) is 2.49. The summed E-state index contributed by atoms with van der Waals surface area (Å²) >= 11 is 0.979. The molecule has 1 aromatic rings. The SMILES string of the molecule is CC(=O)SCC(O)C(O)c1c(C)cc(O)cc1C. The maximum atomic E-state index is 10.8. The van der Waals surface area contributed by atoms with Crippen molar-refractivity contribution in [2.45, 2.75) is 33.0 Å². The molecule has 2 unspecified atom stereocenters. The molecular weight excluding hydrogens is 252 g/mol. The quantitative estimate of drug-likeness (QED) is 0.776. The molecule has 4 nitrogen and oxygen atoms in total. The van der Waals surface area contributed by atoms with Gasteiger partial charge in [-0.3, -0.25) is 4.79 Å². The summed E-state index contributed by atoms with van der Waals surface area (Å²) in [6.45, 7) is 4.94. The van der Waals surface area contributed by atoms with E-state index in [1.165, 1.54) is 19.1 Å². The van der Waals surface area contributed by atoms with Crippen molar-refractivity contribution in [2.75, 3.05) is 5.75 Å². The van der Waals surface area contributed by atoms with Crippen molar-refractivity contribution < 1.29 is 20.1 Å². The number of aliphatic hydroxyl groups excluding tert-OH is 2. The lowest BCUT2D eigenvalue weighted by molar-refractivity contribution is -0.109. The van der Waals surface area contributed by atoms with E-state index in [0.29, 0.717) is 16.7 Å². The number of aromatic hydroxyl groups is 1. The zero-order valence-electron chi connectivity index (χ0n) is 10.7. The number of benzene rings is 1. The van der Waals surface area contributed by atoms with Gasteiger partial charge in [0, 0.05) is 12.7 Å². The number of thioether (sulfide) groups is 1. The number of aliphatic hydroxyl groups is 2. The molecule has 0 saturated carbocycles. The van der Waals surface area contributed by atoms with Crippen LogP contribution in [0.2, 0.25) is 0 Å². The highest BCUT2D eigenvalue weighted by Crippen LogP contribution is 2.29. The molecule has 5 heteroatoms. The monoisotopic (exact) mass is 270 g/mol. The van der Waals surface area contributed by atoms with Crippen molar-refractivity contribution in [3.8, 4) is 5.75 Å². The average Bonchev–Trinajstić information content (AvgIpc) is 2.24. The fourth-order valence-electron chi connectivity index (χ4n) is 1.90. The van der Waals surface area contributed by atoms with Crippen molar-refractivity contribution in [3.63, 3.8) is 0 Å². The first-order valence-corrected chi connectivity index (χ1v) is 6.61. The van der Waals surface area contributed by atoms with Crippen LogP contribution in [0.4, 0.5) is 0 Å². The maximum absolute atomic E-state index is 10.8. The third kappa shape index (κ3) is 3.73. The largest absolute Gasteiger partial charge is 0.508 e. The molecular formula is C13H18O4S. The van der Waals surface area contributed by atoms with E-state index in [1.54, 1.807) is 13.8 Å². The lowest BCUT2D eigenvalue weighted by atomic mass is 9.95. The number of carbonyl (C=O) groups is 1. The van der Waals surface area contributed by atoms with Gasteiger partial charge in [0.15, 0.2) is 5.12 Å². The minimum atomic E-state index is -1.06. The number of aryl methyl sites for hydroxylation is 2. The zero-order valence-corrected chi connectivity index (χ0v) is 11.5. The van der Waals surface area contributed by atoms with Gasteiger partial charge in [-0.05, 0) is 42.7 Å². The molecule has 3 N–H and O–H groups in total. The van der Waals surface area contributed by atoms with Gasteiger partial charge in [0.1, 0.15) is 11.9 Å². The van der Waals surface area contributed by atoms with E-state index in [9.17, 15) is 20.1 Å². The molecule has 1 rings (SSSR count). The van der Waals surface area contributed by atoms with E-state index in [-0.39, 0.29) is 16.6 Å². The Morgan fingerprint density at radius 2 is 1.78 bits per heavy atom. The highest BCUT2D eigenvalue weighted by atomic mass is 32.2. The van der Waals surface area contributed by atoms with Crippen LogP contribution in [0.1, 0.15) is 29.7 Å². The van der Waals surface area contributed by atoms with Gasteiger partial charge in [0.25, 0.3) is 0 Å². The summed E-state index contributed by atoms with van der Waals surface area (Å²) in [5.74, 6) is 0.282. The Bertz CT molecular complexity index is 422. The summed E-state index contributed by atoms with van der Waals surface area (Å²) in [5, 5.41) is 29.3. The second-order valence-electron chi connectivity index (χ2n) is 4.31. The first kappa shape index (κ1) is 15.0. The number of hydrogen-bond acceptors (Lipinski definition) is 5. The molecule has 0 aliphatic carbocycles. The van der Waals surface area contributed by atoms with E-state index in [4.69, 9.17) is 0 Å². The van der Waals surface area contributed by atoms with E-state index >= 15 is 0 Å². The molecule has 100 valence electrons. The Labute approximate surface area is 111 Å². The van der Waals surface area contributed by atoms with Crippen LogP contribution < -0.4 is 0 Å². The Balaban J connectivity index is 2.89. The highest BCUT2D eigenvalue weighted by molar-refractivity contribution is 8.13. The fraction of sp³-hybridized carbons (Fsp3) is 0.462. The Hall–Kier alpha value is -1.04. The summed E-state index contributed by atoms with van der Waals surface area (Å²) in [5.41, 5.74) is 2.03. The first-order valence-electron chi connectivity index (χ1n) is 5.62. The van der Waals surface area contributed by atoms with Crippen molar-refractivity contribution in [1.82, 2.24) is 0 Å². The van der Waals surface area contributed by atoms with E-state index in [0.717, 1.165) is 11.8 Å². The lowest BCUT2D eigenvalue weighted by Gasteiger charge is -2.21. The lowest BCUT2D eigenvalue weighted by Crippen LogP contribution is -2.23. The number of carbonyl (C=O) groups excluding carboxylic acids is 1. The Morgan fingerprint density at radius 3 is 2.22 bits per heavy atom. The van der Waals surface area contributed by atoms with Gasteiger partial charge in [0.05, 0.1) is 6.10 Å². The van der Waals surface area contributed by atoms with Gasteiger partial charge in [-0.2, -0.15) is 0 Å². The molecule has 0 aliphatic rings. The van der Waals surface area contributed by atoms with Gasteiger partial charge in [-0.25, -0.2) is 0 Å². The highest BCUT2D eigenvalue weighted by Gasteiger charge is 2.22. The predicted molar refractivity (Wildman–Crippen MR) is 71.7 cm³/mol. The van der Waals surface area contributed by atoms with Crippen LogP contribution in [0.25, 0.3) is 0 Å². The van der Waals surface area contributed by atoms with Crippen LogP contribution in [0.5, 0.6) is 5.75 Å². The van der Waals surface area contributed by atoms with Gasteiger partial charge >= 0.3 is 0 Å². The smallest absolute Gasteiger partial charge is 0.185 e. The molecule has 0 saturated heterocycles. The zero-order chi connectivity index (χ0) is 13.9. The minimum Gasteiger partial charge on any atom is -0.508 e. The second-order valence-corrected chi connectivity index (χ2v) is 5.50. The normalized spacial score (nSPS) is 14.3. The van der Waals surface area contributed by atoms with Gasteiger partial charge in [-0.15, -0.1) is 0 Å². The van der Waals surface area contributed by atoms with E-state index in [1.807, 2.05) is 0 Å².